The van der Waals surface area contributed by atoms with Crippen LogP contribution in [0, 0.1) is 0 Å². The number of methoxy groups -OCH3 is 1. The summed E-state index contributed by atoms with van der Waals surface area (Å²) < 4.78 is 10.9. The third-order valence-corrected chi connectivity index (χ3v) is 3.96. The van der Waals surface area contributed by atoms with Gasteiger partial charge in [-0.15, -0.1) is 0 Å². The molecule has 2 aromatic carbocycles. The molecule has 0 aliphatic heterocycles. The molecule has 1 unspecified atom stereocenters. The summed E-state index contributed by atoms with van der Waals surface area (Å²) in [7, 11) is 1.40. The van der Waals surface area contributed by atoms with Gasteiger partial charge in [0.05, 0.1) is 13.0 Å². The first-order chi connectivity index (χ1) is 11.2. The minimum atomic E-state index is -0.352. The van der Waals surface area contributed by atoms with Crippen molar-refractivity contribution >= 4 is 16.9 Å². The van der Waals surface area contributed by atoms with Crippen molar-refractivity contribution in [1.29, 1.82) is 0 Å². The van der Waals surface area contributed by atoms with E-state index in [1.807, 2.05) is 61.7 Å². The van der Waals surface area contributed by atoms with Gasteiger partial charge in [0.1, 0.15) is 12.4 Å². The zero-order valence-corrected chi connectivity index (χ0v) is 13.2. The fourth-order valence-electron chi connectivity index (χ4n) is 2.68. The first-order valence-corrected chi connectivity index (χ1v) is 7.55. The average molecular weight is 309 g/mol. The zero-order chi connectivity index (χ0) is 16.2. The normalized spacial score (nSPS) is 12.1. The van der Waals surface area contributed by atoms with Crippen LogP contribution >= 0.6 is 0 Å². The minimum Gasteiger partial charge on any atom is -0.488 e. The molecular formula is C19H19NO3. The van der Waals surface area contributed by atoms with Crippen molar-refractivity contribution in [3.63, 3.8) is 0 Å². The van der Waals surface area contributed by atoms with Crippen molar-refractivity contribution in [2.45, 2.75) is 19.4 Å². The fraction of sp³-hybridized carbons (Fsp3) is 0.211. The van der Waals surface area contributed by atoms with E-state index in [0.29, 0.717) is 6.61 Å². The molecule has 4 nitrogen and oxygen atoms in total. The number of fused-ring (bicyclic) bond motifs is 1. The number of hydrogen-bond donors (Lipinski definition) is 1. The molecule has 0 aliphatic rings. The van der Waals surface area contributed by atoms with E-state index in [1.54, 1.807) is 0 Å². The minimum absolute atomic E-state index is 0.260. The van der Waals surface area contributed by atoms with Crippen molar-refractivity contribution in [2.75, 3.05) is 7.11 Å². The second-order valence-corrected chi connectivity index (χ2v) is 5.44. The molecule has 1 N–H and O–H groups in total. The first-order valence-electron chi connectivity index (χ1n) is 7.55. The first kappa shape index (κ1) is 15.2. The topological polar surface area (TPSA) is 51.3 Å². The van der Waals surface area contributed by atoms with Gasteiger partial charge in [-0.1, -0.05) is 36.4 Å². The van der Waals surface area contributed by atoms with E-state index in [4.69, 9.17) is 9.47 Å². The van der Waals surface area contributed by atoms with E-state index in [2.05, 4.69) is 4.98 Å². The largest absolute Gasteiger partial charge is 0.488 e. The van der Waals surface area contributed by atoms with E-state index in [-0.39, 0.29) is 11.9 Å². The van der Waals surface area contributed by atoms with E-state index in [9.17, 15) is 4.79 Å². The number of aromatic nitrogens is 1. The Morgan fingerprint density at radius 3 is 2.65 bits per heavy atom. The summed E-state index contributed by atoms with van der Waals surface area (Å²) in [6.45, 7) is 2.32. The van der Waals surface area contributed by atoms with Gasteiger partial charge >= 0.3 is 5.97 Å². The van der Waals surface area contributed by atoms with Crippen molar-refractivity contribution in [3.05, 3.63) is 65.9 Å². The number of carbonyl (C=O) groups excluding carboxylic acids is 1. The van der Waals surface area contributed by atoms with E-state index in [1.165, 1.54) is 7.11 Å². The van der Waals surface area contributed by atoms with Gasteiger partial charge in [-0.05, 0) is 30.2 Å². The van der Waals surface area contributed by atoms with Crippen LogP contribution in [-0.4, -0.2) is 18.1 Å². The number of ether oxygens (including phenoxy) is 2. The monoisotopic (exact) mass is 309 g/mol. The van der Waals surface area contributed by atoms with Gasteiger partial charge in [-0.25, -0.2) is 0 Å². The highest BCUT2D eigenvalue weighted by atomic mass is 16.5. The molecule has 3 rings (SSSR count). The van der Waals surface area contributed by atoms with Crippen molar-refractivity contribution in [3.8, 4) is 5.75 Å². The summed E-state index contributed by atoms with van der Waals surface area (Å²) in [5, 5.41) is 0.932. The molecule has 1 atom stereocenters. The van der Waals surface area contributed by atoms with Crippen molar-refractivity contribution in [1.82, 2.24) is 4.98 Å². The van der Waals surface area contributed by atoms with Crippen LogP contribution in [0.15, 0.2) is 54.7 Å². The Balaban J connectivity index is 1.94. The highest BCUT2D eigenvalue weighted by molar-refractivity contribution is 5.93. The number of rotatable bonds is 5. The molecule has 118 valence electrons. The number of esters is 1. The fourth-order valence-corrected chi connectivity index (χ4v) is 2.68. The van der Waals surface area contributed by atoms with Crippen molar-refractivity contribution in [2.24, 2.45) is 0 Å². The van der Waals surface area contributed by atoms with E-state index < -0.39 is 0 Å². The quantitative estimate of drug-likeness (QED) is 0.724. The molecular weight excluding hydrogens is 290 g/mol. The third-order valence-electron chi connectivity index (χ3n) is 3.96. The van der Waals surface area contributed by atoms with Crippen LogP contribution < -0.4 is 4.74 Å². The summed E-state index contributed by atoms with van der Waals surface area (Å²) in [6, 6.07) is 15.8. The van der Waals surface area contributed by atoms with Crippen LogP contribution in [-0.2, 0) is 16.1 Å². The maximum atomic E-state index is 11.9. The van der Waals surface area contributed by atoms with Gasteiger partial charge < -0.3 is 14.5 Å². The third kappa shape index (κ3) is 3.06. The molecule has 0 fully saturated rings. The van der Waals surface area contributed by atoms with Gasteiger partial charge in [-0.2, -0.15) is 0 Å². The van der Waals surface area contributed by atoms with Crippen LogP contribution in [0.25, 0.3) is 10.9 Å². The number of hydrogen-bond acceptors (Lipinski definition) is 3. The molecule has 0 aliphatic carbocycles. The molecule has 1 aromatic heterocycles. The summed E-state index contributed by atoms with van der Waals surface area (Å²) in [4.78, 5) is 15.1. The zero-order valence-electron chi connectivity index (χ0n) is 13.2. The number of nitrogens with one attached hydrogen (secondary N) is 1. The average Bonchev–Trinajstić information content (AvgIpc) is 3.04. The maximum absolute atomic E-state index is 11.9. The van der Waals surface area contributed by atoms with Gasteiger partial charge in [0.15, 0.2) is 0 Å². The predicted octanol–water partition coefficient (Wildman–Crippen LogP) is 4.02. The Kier molecular flexibility index (Phi) is 4.33. The molecule has 0 amide bonds. The van der Waals surface area contributed by atoms with Crippen LogP contribution in [0.3, 0.4) is 0 Å². The van der Waals surface area contributed by atoms with Crippen LogP contribution in [0.4, 0.5) is 0 Å². The molecule has 0 saturated heterocycles. The standard InChI is InChI=1S/C19H19NO3/c1-13(19(21)22-2)15-11-20-16-9-6-10-17(18(15)16)23-12-14-7-4-3-5-8-14/h3-11,13,20H,12H2,1-2H3. The Morgan fingerprint density at radius 1 is 1.13 bits per heavy atom. The van der Waals surface area contributed by atoms with E-state index >= 15 is 0 Å². The lowest BCUT2D eigenvalue weighted by atomic mass is 10.00. The molecule has 0 bridgehead atoms. The second kappa shape index (κ2) is 6.57. The number of carbonyl (C=O) groups is 1. The smallest absolute Gasteiger partial charge is 0.312 e. The lowest BCUT2D eigenvalue weighted by molar-refractivity contribution is -0.141. The SMILES string of the molecule is COC(=O)C(C)c1c[nH]c2cccc(OCc3ccccc3)c12. The van der Waals surface area contributed by atoms with Crippen LogP contribution in [0.5, 0.6) is 5.75 Å². The summed E-state index contributed by atoms with van der Waals surface area (Å²) in [5.74, 6) is 0.150. The number of benzene rings is 2. The predicted molar refractivity (Wildman–Crippen MR) is 89.5 cm³/mol. The highest BCUT2D eigenvalue weighted by Crippen LogP contribution is 2.34. The molecule has 4 heteroatoms. The molecule has 0 saturated carbocycles. The van der Waals surface area contributed by atoms with Crippen molar-refractivity contribution < 1.29 is 14.3 Å². The summed E-state index contributed by atoms with van der Waals surface area (Å²) >= 11 is 0. The Labute approximate surface area is 135 Å². The Hall–Kier alpha value is -2.75. The number of H-pyrrole nitrogens is 1. The molecule has 0 radical (unpaired) electrons. The van der Waals surface area contributed by atoms with Crippen LogP contribution in [0.2, 0.25) is 0 Å². The molecule has 0 spiro atoms. The second-order valence-electron chi connectivity index (χ2n) is 5.44. The summed E-state index contributed by atoms with van der Waals surface area (Å²) in [5.41, 5.74) is 2.93. The lowest BCUT2D eigenvalue weighted by Gasteiger charge is -2.12. The molecule has 23 heavy (non-hydrogen) atoms. The lowest BCUT2D eigenvalue weighted by Crippen LogP contribution is -2.10. The van der Waals surface area contributed by atoms with Gasteiger partial charge in [0.25, 0.3) is 0 Å². The van der Waals surface area contributed by atoms with Gasteiger partial charge in [0.2, 0.25) is 0 Å². The summed E-state index contributed by atoms with van der Waals surface area (Å²) in [6.07, 6.45) is 1.85. The van der Waals surface area contributed by atoms with E-state index in [0.717, 1.165) is 27.8 Å². The Morgan fingerprint density at radius 2 is 1.91 bits per heavy atom. The highest BCUT2D eigenvalue weighted by Gasteiger charge is 2.21. The molecule has 3 aromatic rings. The van der Waals surface area contributed by atoms with Gasteiger partial charge in [0, 0.05) is 17.1 Å². The number of aromatic amines is 1. The van der Waals surface area contributed by atoms with Crippen LogP contribution in [0.1, 0.15) is 24.0 Å². The van der Waals surface area contributed by atoms with Gasteiger partial charge in [-0.3, -0.25) is 4.79 Å². The molecule has 1 heterocycles. The maximum Gasteiger partial charge on any atom is 0.312 e. The Bertz CT molecular complexity index is 808.